The zero-order valence-electron chi connectivity index (χ0n) is 11.3. The number of fused-ring (bicyclic) bond motifs is 1. The van der Waals surface area contributed by atoms with E-state index in [9.17, 15) is 4.79 Å². The van der Waals surface area contributed by atoms with Gasteiger partial charge < -0.3 is 11.1 Å². The van der Waals surface area contributed by atoms with Gasteiger partial charge in [-0.15, -0.1) is 0 Å². The van der Waals surface area contributed by atoms with Crippen molar-refractivity contribution in [3.05, 3.63) is 66.1 Å². The fourth-order valence-electron chi connectivity index (χ4n) is 2.12. The molecular formula is C16H14N4O. The predicted octanol–water partition coefficient (Wildman–Crippen LogP) is 2.14. The van der Waals surface area contributed by atoms with Gasteiger partial charge in [-0.3, -0.25) is 9.78 Å². The lowest BCUT2D eigenvalue weighted by atomic mass is 10.1. The molecule has 0 spiro atoms. The third-order valence-electron chi connectivity index (χ3n) is 3.20. The Bertz CT molecular complexity index is 787. The number of carbonyl (C=O) groups excluding carboxylic acids is 1. The number of pyridine rings is 2. The van der Waals surface area contributed by atoms with Crippen molar-refractivity contribution in [1.82, 2.24) is 15.3 Å². The molecule has 0 saturated carbocycles. The normalized spacial score (nSPS) is 10.5. The van der Waals surface area contributed by atoms with E-state index < -0.39 is 0 Å². The van der Waals surface area contributed by atoms with Crippen LogP contribution in [-0.2, 0) is 6.54 Å². The Morgan fingerprint density at radius 1 is 1.14 bits per heavy atom. The van der Waals surface area contributed by atoms with Gasteiger partial charge in [-0.05, 0) is 29.1 Å². The van der Waals surface area contributed by atoms with Gasteiger partial charge in [0, 0.05) is 24.3 Å². The molecular weight excluding hydrogens is 264 g/mol. The Balaban J connectivity index is 1.81. The van der Waals surface area contributed by atoms with Crippen molar-refractivity contribution in [2.24, 2.45) is 0 Å². The van der Waals surface area contributed by atoms with E-state index in [2.05, 4.69) is 15.3 Å². The number of benzene rings is 1. The zero-order chi connectivity index (χ0) is 14.7. The first-order valence-corrected chi connectivity index (χ1v) is 6.56. The fraction of sp³-hybridized carbons (Fsp3) is 0.0625. The summed E-state index contributed by atoms with van der Waals surface area (Å²) in [6.45, 7) is 0.426. The van der Waals surface area contributed by atoms with Gasteiger partial charge in [-0.25, -0.2) is 4.98 Å². The summed E-state index contributed by atoms with van der Waals surface area (Å²) in [7, 11) is 0. The fourth-order valence-corrected chi connectivity index (χ4v) is 2.12. The highest BCUT2D eigenvalue weighted by Crippen LogP contribution is 2.19. The third-order valence-corrected chi connectivity index (χ3v) is 3.20. The van der Waals surface area contributed by atoms with Crippen molar-refractivity contribution in [1.29, 1.82) is 0 Å². The lowest BCUT2D eigenvalue weighted by Crippen LogP contribution is -2.24. The number of nitrogens with two attached hydrogens (primary N) is 1. The van der Waals surface area contributed by atoms with E-state index in [0.29, 0.717) is 18.1 Å². The summed E-state index contributed by atoms with van der Waals surface area (Å²) in [5.74, 6) is 0.117. The maximum absolute atomic E-state index is 12.2. The second-order valence-corrected chi connectivity index (χ2v) is 4.65. The number of rotatable bonds is 3. The number of hydrogen-bond acceptors (Lipinski definition) is 4. The van der Waals surface area contributed by atoms with E-state index in [4.69, 9.17) is 5.73 Å². The van der Waals surface area contributed by atoms with Gasteiger partial charge in [0.05, 0.1) is 0 Å². The summed E-state index contributed by atoms with van der Waals surface area (Å²) in [5.41, 5.74) is 7.20. The van der Waals surface area contributed by atoms with Crippen molar-refractivity contribution >= 4 is 22.5 Å². The summed E-state index contributed by atoms with van der Waals surface area (Å²) in [5, 5.41) is 4.57. The van der Waals surface area contributed by atoms with E-state index in [0.717, 1.165) is 16.3 Å². The number of anilines is 1. The average molecular weight is 278 g/mol. The molecule has 0 aliphatic rings. The summed E-state index contributed by atoms with van der Waals surface area (Å²) < 4.78 is 0. The summed E-state index contributed by atoms with van der Waals surface area (Å²) in [6, 6.07) is 13.0. The maximum atomic E-state index is 12.2. The SMILES string of the molecule is Nc1nc(C(=O)NCc2ccncc2)cc2ccccc12. The molecule has 2 heterocycles. The molecule has 104 valence electrons. The minimum absolute atomic E-state index is 0.246. The van der Waals surface area contributed by atoms with Gasteiger partial charge in [0.25, 0.3) is 5.91 Å². The van der Waals surface area contributed by atoms with Gasteiger partial charge in [0.2, 0.25) is 0 Å². The Labute approximate surface area is 121 Å². The van der Waals surface area contributed by atoms with Crippen LogP contribution in [0.15, 0.2) is 54.9 Å². The molecule has 0 radical (unpaired) electrons. The van der Waals surface area contributed by atoms with Crippen LogP contribution < -0.4 is 11.1 Å². The molecule has 5 heteroatoms. The van der Waals surface area contributed by atoms with Crippen LogP contribution >= 0.6 is 0 Å². The second kappa shape index (κ2) is 5.58. The van der Waals surface area contributed by atoms with Crippen molar-refractivity contribution < 1.29 is 4.79 Å². The number of hydrogen-bond donors (Lipinski definition) is 2. The molecule has 0 atom stereocenters. The average Bonchev–Trinajstić information content (AvgIpc) is 2.53. The molecule has 3 aromatic rings. The summed E-state index contributed by atoms with van der Waals surface area (Å²) in [6.07, 6.45) is 3.38. The number of amides is 1. The van der Waals surface area contributed by atoms with E-state index in [1.165, 1.54) is 0 Å². The van der Waals surface area contributed by atoms with Gasteiger partial charge in [-0.1, -0.05) is 24.3 Å². The largest absolute Gasteiger partial charge is 0.383 e. The van der Waals surface area contributed by atoms with Gasteiger partial charge in [0.15, 0.2) is 0 Å². The monoisotopic (exact) mass is 278 g/mol. The molecule has 5 nitrogen and oxygen atoms in total. The van der Waals surface area contributed by atoms with Crippen molar-refractivity contribution in [3.8, 4) is 0 Å². The summed E-state index contributed by atoms with van der Waals surface area (Å²) in [4.78, 5) is 20.3. The quantitative estimate of drug-likeness (QED) is 0.769. The number of carbonyl (C=O) groups is 1. The van der Waals surface area contributed by atoms with Crippen LogP contribution in [0.4, 0.5) is 5.82 Å². The smallest absolute Gasteiger partial charge is 0.270 e. The molecule has 0 bridgehead atoms. The van der Waals surface area contributed by atoms with Gasteiger partial charge in [0.1, 0.15) is 11.5 Å². The van der Waals surface area contributed by atoms with Crippen molar-refractivity contribution in [3.63, 3.8) is 0 Å². The molecule has 0 aliphatic carbocycles. The molecule has 0 unspecified atom stereocenters. The van der Waals surface area contributed by atoms with Gasteiger partial charge in [-0.2, -0.15) is 0 Å². The molecule has 2 aromatic heterocycles. The minimum atomic E-state index is -0.246. The second-order valence-electron chi connectivity index (χ2n) is 4.65. The van der Waals surface area contributed by atoms with Crippen LogP contribution in [0.25, 0.3) is 10.8 Å². The highest BCUT2D eigenvalue weighted by Gasteiger charge is 2.10. The Morgan fingerprint density at radius 3 is 2.71 bits per heavy atom. The summed E-state index contributed by atoms with van der Waals surface area (Å²) >= 11 is 0. The lowest BCUT2D eigenvalue weighted by molar-refractivity contribution is 0.0946. The Kier molecular flexibility index (Phi) is 3.47. The standard InChI is InChI=1S/C16H14N4O/c17-15-13-4-2-1-3-12(13)9-14(20-15)16(21)19-10-11-5-7-18-8-6-11/h1-9H,10H2,(H2,17,20)(H,19,21). The molecule has 1 aromatic carbocycles. The first-order chi connectivity index (χ1) is 10.2. The molecule has 21 heavy (non-hydrogen) atoms. The number of nitrogens with one attached hydrogen (secondary N) is 1. The Hall–Kier alpha value is -2.95. The maximum Gasteiger partial charge on any atom is 0.270 e. The first kappa shape index (κ1) is 13.1. The lowest BCUT2D eigenvalue weighted by Gasteiger charge is -2.07. The van der Waals surface area contributed by atoms with Crippen LogP contribution in [0, 0.1) is 0 Å². The van der Waals surface area contributed by atoms with Crippen molar-refractivity contribution in [2.45, 2.75) is 6.54 Å². The topological polar surface area (TPSA) is 80.9 Å². The van der Waals surface area contributed by atoms with E-state index in [1.807, 2.05) is 36.4 Å². The predicted molar refractivity (Wildman–Crippen MR) is 81.6 cm³/mol. The number of nitrogens with zero attached hydrogens (tertiary/aromatic N) is 2. The van der Waals surface area contributed by atoms with Gasteiger partial charge >= 0.3 is 0 Å². The van der Waals surface area contributed by atoms with E-state index >= 15 is 0 Å². The van der Waals surface area contributed by atoms with Crippen LogP contribution in [0.3, 0.4) is 0 Å². The zero-order valence-corrected chi connectivity index (χ0v) is 11.3. The van der Waals surface area contributed by atoms with Crippen LogP contribution in [0.2, 0.25) is 0 Å². The molecule has 0 saturated heterocycles. The number of aromatic nitrogens is 2. The highest BCUT2D eigenvalue weighted by atomic mass is 16.1. The molecule has 3 N–H and O–H groups in total. The third kappa shape index (κ3) is 2.81. The van der Waals surface area contributed by atoms with Crippen LogP contribution in [0.1, 0.15) is 16.1 Å². The van der Waals surface area contributed by atoms with Crippen LogP contribution in [-0.4, -0.2) is 15.9 Å². The van der Waals surface area contributed by atoms with Crippen molar-refractivity contribution in [2.75, 3.05) is 5.73 Å². The minimum Gasteiger partial charge on any atom is -0.383 e. The molecule has 3 rings (SSSR count). The highest BCUT2D eigenvalue weighted by molar-refractivity contribution is 5.99. The Morgan fingerprint density at radius 2 is 1.90 bits per heavy atom. The molecule has 0 fully saturated rings. The van der Waals surface area contributed by atoms with Crippen LogP contribution in [0.5, 0.6) is 0 Å². The van der Waals surface area contributed by atoms with E-state index in [1.54, 1.807) is 18.5 Å². The molecule has 0 aliphatic heterocycles. The first-order valence-electron chi connectivity index (χ1n) is 6.56. The van der Waals surface area contributed by atoms with E-state index in [-0.39, 0.29) is 5.91 Å². The number of nitrogen functional groups attached to an aromatic ring is 1. The molecule has 1 amide bonds.